The van der Waals surface area contributed by atoms with Crippen molar-refractivity contribution in [3.63, 3.8) is 0 Å². The first-order valence-electron chi connectivity index (χ1n) is 6.33. The Labute approximate surface area is 116 Å². The van der Waals surface area contributed by atoms with Crippen LogP contribution in [0, 0.1) is 0 Å². The van der Waals surface area contributed by atoms with Crippen LogP contribution in [0.15, 0.2) is 60.7 Å². The molecule has 92 valence electrons. The molecule has 0 bridgehead atoms. The molecule has 0 aromatic heterocycles. The van der Waals surface area contributed by atoms with Crippen LogP contribution < -0.4 is 0 Å². The number of rotatable bonds is 4. The summed E-state index contributed by atoms with van der Waals surface area (Å²) >= 11 is -2.71. The molecule has 2 aromatic carbocycles. The molecule has 0 amide bonds. The maximum absolute atomic E-state index is 12.7. The van der Waals surface area contributed by atoms with E-state index in [1.54, 1.807) is 0 Å². The second-order valence-electron chi connectivity index (χ2n) is 4.67. The zero-order valence-electron chi connectivity index (χ0n) is 10.8. The summed E-state index contributed by atoms with van der Waals surface area (Å²) in [5.41, 5.74) is 2.43. The van der Waals surface area contributed by atoms with Gasteiger partial charge < -0.3 is 0 Å². The summed E-state index contributed by atoms with van der Waals surface area (Å²) < 4.78 is 13.2. The van der Waals surface area contributed by atoms with Gasteiger partial charge in [-0.3, -0.25) is 0 Å². The van der Waals surface area contributed by atoms with E-state index in [1.807, 2.05) is 36.4 Å². The average molecular weight is 345 g/mol. The predicted molar refractivity (Wildman–Crippen MR) is 76.2 cm³/mol. The fourth-order valence-corrected chi connectivity index (χ4v) is 7.30. The zero-order chi connectivity index (χ0) is 13.0. The van der Waals surface area contributed by atoms with E-state index < -0.39 is 19.7 Å². The maximum atomic E-state index is 12.7. The van der Waals surface area contributed by atoms with Gasteiger partial charge in [0.25, 0.3) is 0 Å². The Kier molecular flexibility index (Phi) is 4.70. The predicted octanol–water partition coefficient (Wildman–Crippen LogP) is 4.09. The summed E-state index contributed by atoms with van der Waals surface area (Å²) in [7, 11) is 0. The Hall–Kier alpha value is -0.961. The topological polar surface area (TPSA) is 17.1 Å². The Bertz CT molecular complexity index is 460. The van der Waals surface area contributed by atoms with Crippen LogP contribution in [0.4, 0.5) is 0 Å². The van der Waals surface area contributed by atoms with Crippen LogP contribution in [0.2, 0.25) is 0 Å². The van der Waals surface area contributed by atoms with Gasteiger partial charge in [0.15, 0.2) is 0 Å². The van der Waals surface area contributed by atoms with Crippen molar-refractivity contribution in [1.29, 1.82) is 0 Å². The van der Waals surface area contributed by atoms with E-state index >= 15 is 0 Å². The molecule has 2 heteroatoms. The molecular weight excluding hydrogens is 327 g/mol. The molecule has 0 radical (unpaired) electrons. The molecule has 1 nitrogen and oxygen atoms in total. The second-order valence-corrected chi connectivity index (χ2v) is 11.9. The Balaban J connectivity index is 2.17. The molecule has 0 spiro atoms. The van der Waals surface area contributed by atoms with Crippen molar-refractivity contribution in [1.82, 2.24) is 0 Å². The quantitative estimate of drug-likeness (QED) is 0.763. The molecular formula is C16H18OSn. The van der Waals surface area contributed by atoms with Crippen LogP contribution in [-0.4, -0.2) is 19.7 Å². The summed E-state index contributed by atoms with van der Waals surface area (Å²) in [5.74, 6) is 0. The van der Waals surface area contributed by atoms with Gasteiger partial charge >= 0.3 is 116 Å². The van der Waals surface area contributed by atoms with Gasteiger partial charge in [0.2, 0.25) is 0 Å². The van der Waals surface area contributed by atoms with E-state index in [9.17, 15) is 3.08 Å². The van der Waals surface area contributed by atoms with E-state index in [2.05, 4.69) is 38.1 Å². The summed E-state index contributed by atoms with van der Waals surface area (Å²) in [6, 6.07) is 20.4. The van der Waals surface area contributed by atoms with Gasteiger partial charge in [-0.05, 0) is 0 Å². The molecule has 2 rings (SSSR count). The Morgan fingerprint density at radius 2 is 1.06 bits per heavy atom. The molecule has 0 aliphatic heterocycles. The second kappa shape index (κ2) is 6.28. The normalized spacial score (nSPS) is 13.9. The fraction of sp³-hybridized carbons (Fsp3) is 0.250. The number of benzene rings is 2. The molecule has 2 aromatic rings. The molecule has 0 N–H and O–H groups in total. The van der Waals surface area contributed by atoms with Crippen LogP contribution in [0.25, 0.3) is 0 Å². The van der Waals surface area contributed by atoms with Gasteiger partial charge in [-0.2, -0.15) is 0 Å². The van der Waals surface area contributed by atoms with Crippen molar-refractivity contribution in [2.75, 3.05) is 0 Å². The molecule has 0 saturated carbocycles. The Morgan fingerprint density at radius 1 is 0.722 bits per heavy atom. The van der Waals surface area contributed by atoms with Gasteiger partial charge in [-0.1, -0.05) is 0 Å². The first-order chi connectivity index (χ1) is 8.70. The summed E-state index contributed by atoms with van der Waals surface area (Å²) in [4.78, 5) is 0. The van der Waals surface area contributed by atoms with Crippen molar-refractivity contribution < 1.29 is 3.08 Å². The number of hydrogen-bond donors (Lipinski definition) is 0. The molecule has 0 saturated heterocycles. The first-order valence-corrected chi connectivity index (χ1v) is 10.8. The van der Waals surface area contributed by atoms with Crippen molar-refractivity contribution in [2.45, 2.75) is 21.7 Å². The first kappa shape index (κ1) is 13.5. The third-order valence-corrected chi connectivity index (χ3v) is 10.2. The molecule has 0 aliphatic rings. The minimum atomic E-state index is -2.71. The Morgan fingerprint density at radius 3 is 1.39 bits per heavy atom. The molecule has 18 heavy (non-hydrogen) atoms. The van der Waals surface area contributed by atoms with Gasteiger partial charge in [0, 0.05) is 0 Å². The van der Waals surface area contributed by atoms with Gasteiger partial charge in [-0.15, -0.1) is 0 Å². The summed E-state index contributed by atoms with van der Waals surface area (Å²) in [6.45, 7) is 4.22. The third-order valence-electron chi connectivity index (χ3n) is 3.45. The standard InChI is InChI=1S/2C8H9.O.Sn/c2*1-2-8-6-4-3-5-7-8;;/h2*2-7H,1H3;;. The van der Waals surface area contributed by atoms with Crippen molar-refractivity contribution in [3.8, 4) is 0 Å². The van der Waals surface area contributed by atoms with Crippen LogP contribution in [-0.2, 0) is 3.08 Å². The van der Waals surface area contributed by atoms with E-state index in [4.69, 9.17) is 0 Å². The van der Waals surface area contributed by atoms with E-state index in [-0.39, 0.29) is 7.87 Å². The van der Waals surface area contributed by atoms with Crippen LogP contribution in [0.5, 0.6) is 0 Å². The van der Waals surface area contributed by atoms with Crippen molar-refractivity contribution in [2.24, 2.45) is 0 Å². The fourth-order valence-electron chi connectivity index (χ4n) is 2.19. The van der Waals surface area contributed by atoms with Gasteiger partial charge in [0.1, 0.15) is 0 Å². The van der Waals surface area contributed by atoms with E-state index in [0.717, 1.165) is 0 Å². The van der Waals surface area contributed by atoms with Gasteiger partial charge in [0.05, 0.1) is 0 Å². The van der Waals surface area contributed by atoms with Gasteiger partial charge in [-0.25, -0.2) is 0 Å². The molecule has 0 aliphatic carbocycles. The van der Waals surface area contributed by atoms with E-state index in [1.165, 1.54) is 11.1 Å². The van der Waals surface area contributed by atoms with Crippen LogP contribution in [0.3, 0.4) is 0 Å². The molecule has 0 fully saturated rings. The SMILES string of the molecule is C[CH](c1ccccc1)[Sn](=[O])[CH](C)c1ccccc1. The number of hydrogen-bond acceptors (Lipinski definition) is 1. The molecule has 0 heterocycles. The zero-order valence-corrected chi connectivity index (χ0v) is 13.7. The minimum absolute atomic E-state index is 0.226. The summed E-state index contributed by atoms with van der Waals surface area (Å²) in [5, 5.41) is 0. The molecule has 2 atom stereocenters. The average Bonchev–Trinajstić information content (AvgIpc) is 2.47. The van der Waals surface area contributed by atoms with Crippen LogP contribution >= 0.6 is 0 Å². The third kappa shape index (κ3) is 3.08. The summed E-state index contributed by atoms with van der Waals surface area (Å²) in [6.07, 6.45) is 0. The van der Waals surface area contributed by atoms with E-state index in [0.29, 0.717) is 0 Å². The monoisotopic (exact) mass is 346 g/mol. The molecule has 2 unspecified atom stereocenters. The van der Waals surface area contributed by atoms with Crippen molar-refractivity contribution >= 4 is 19.7 Å². The van der Waals surface area contributed by atoms with Crippen molar-refractivity contribution in [3.05, 3.63) is 71.8 Å². The van der Waals surface area contributed by atoms with Crippen LogP contribution in [0.1, 0.15) is 32.8 Å².